The number of hydrogen-bond acceptors (Lipinski definition) is 2. The predicted molar refractivity (Wildman–Crippen MR) is 74.1 cm³/mol. The quantitative estimate of drug-likeness (QED) is 0.807. The number of amides is 1. The minimum Gasteiger partial charge on any atom is -0.355 e. The maximum Gasteiger partial charge on any atom is 0.223 e. The molecule has 0 heterocycles. The molecule has 2 saturated carbocycles. The molecule has 2 unspecified atom stereocenters. The fourth-order valence-electron chi connectivity index (χ4n) is 3.68. The summed E-state index contributed by atoms with van der Waals surface area (Å²) in [6, 6.07) is 0. The summed E-state index contributed by atoms with van der Waals surface area (Å²) in [5, 5.41) is 3.20. The van der Waals surface area contributed by atoms with Gasteiger partial charge in [-0.25, -0.2) is 0 Å². The second-order valence-electron chi connectivity index (χ2n) is 6.62. The van der Waals surface area contributed by atoms with E-state index < -0.39 is 0 Å². The Bertz CT molecular complexity index is 284. The largest absolute Gasteiger partial charge is 0.355 e. The van der Waals surface area contributed by atoms with E-state index in [9.17, 15) is 4.79 Å². The van der Waals surface area contributed by atoms with Crippen molar-refractivity contribution in [2.45, 2.75) is 58.3 Å². The molecule has 2 aliphatic carbocycles. The fraction of sp³-hybridized carbons (Fsp3) is 0.933. The summed E-state index contributed by atoms with van der Waals surface area (Å²) in [7, 11) is 0. The molecule has 3 N–H and O–H groups in total. The molecule has 2 rings (SSSR count). The van der Waals surface area contributed by atoms with Crippen LogP contribution in [0.25, 0.3) is 0 Å². The van der Waals surface area contributed by atoms with Crippen LogP contribution in [0.1, 0.15) is 58.3 Å². The maximum absolute atomic E-state index is 12.2. The van der Waals surface area contributed by atoms with E-state index in [1.165, 1.54) is 32.1 Å². The summed E-state index contributed by atoms with van der Waals surface area (Å²) >= 11 is 0. The van der Waals surface area contributed by atoms with E-state index >= 15 is 0 Å². The average molecular weight is 252 g/mol. The van der Waals surface area contributed by atoms with Gasteiger partial charge in [-0.05, 0) is 43.6 Å². The molecule has 1 amide bonds. The molecular formula is C15H28N2O. The van der Waals surface area contributed by atoms with Gasteiger partial charge in [-0.3, -0.25) is 4.79 Å². The van der Waals surface area contributed by atoms with Crippen LogP contribution in [0.4, 0.5) is 0 Å². The smallest absolute Gasteiger partial charge is 0.223 e. The molecule has 2 atom stereocenters. The van der Waals surface area contributed by atoms with Crippen molar-refractivity contribution in [1.29, 1.82) is 0 Å². The van der Waals surface area contributed by atoms with Gasteiger partial charge in [-0.2, -0.15) is 0 Å². The highest BCUT2D eigenvalue weighted by molar-refractivity contribution is 5.79. The molecule has 3 nitrogen and oxygen atoms in total. The zero-order valence-electron chi connectivity index (χ0n) is 11.7. The van der Waals surface area contributed by atoms with Crippen LogP contribution in [0.3, 0.4) is 0 Å². The normalized spacial score (nSPS) is 31.2. The minimum atomic E-state index is 0.183. The van der Waals surface area contributed by atoms with Crippen molar-refractivity contribution < 1.29 is 4.79 Å². The van der Waals surface area contributed by atoms with Gasteiger partial charge in [0.25, 0.3) is 0 Å². The third-order valence-corrected chi connectivity index (χ3v) is 5.05. The topological polar surface area (TPSA) is 55.1 Å². The van der Waals surface area contributed by atoms with E-state index in [2.05, 4.69) is 12.2 Å². The van der Waals surface area contributed by atoms with Crippen molar-refractivity contribution in [3.05, 3.63) is 0 Å². The molecule has 3 heteroatoms. The average Bonchev–Trinajstić information content (AvgIpc) is 2.85. The van der Waals surface area contributed by atoms with Crippen molar-refractivity contribution in [3.63, 3.8) is 0 Å². The van der Waals surface area contributed by atoms with Crippen molar-refractivity contribution in [2.75, 3.05) is 13.1 Å². The summed E-state index contributed by atoms with van der Waals surface area (Å²) in [6.45, 7) is 3.84. The van der Waals surface area contributed by atoms with Crippen LogP contribution in [-0.4, -0.2) is 19.0 Å². The van der Waals surface area contributed by atoms with Crippen LogP contribution in [0.5, 0.6) is 0 Å². The number of carbonyl (C=O) groups is 1. The van der Waals surface area contributed by atoms with Gasteiger partial charge in [0.1, 0.15) is 0 Å². The SMILES string of the molecule is CC1(CNC(=O)C2CCCC2CN)CCCCC1. The monoisotopic (exact) mass is 252 g/mol. The highest BCUT2D eigenvalue weighted by atomic mass is 16.1. The molecule has 2 fully saturated rings. The van der Waals surface area contributed by atoms with Crippen LogP contribution in [0.15, 0.2) is 0 Å². The summed E-state index contributed by atoms with van der Waals surface area (Å²) < 4.78 is 0. The Labute approximate surface area is 111 Å². The van der Waals surface area contributed by atoms with Crippen molar-refractivity contribution >= 4 is 5.91 Å². The van der Waals surface area contributed by atoms with Crippen LogP contribution in [0.2, 0.25) is 0 Å². The molecular weight excluding hydrogens is 224 g/mol. The van der Waals surface area contributed by atoms with Crippen LogP contribution >= 0.6 is 0 Å². The number of hydrogen-bond donors (Lipinski definition) is 2. The standard InChI is InChI=1S/C15H28N2O/c1-15(8-3-2-4-9-15)11-17-14(18)13-7-5-6-12(13)10-16/h12-13H,2-11,16H2,1H3,(H,17,18). The molecule has 0 bridgehead atoms. The number of carbonyl (C=O) groups excluding carboxylic acids is 1. The second kappa shape index (κ2) is 6.05. The lowest BCUT2D eigenvalue weighted by Gasteiger charge is -2.34. The molecule has 0 aromatic rings. The van der Waals surface area contributed by atoms with Gasteiger partial charge in [-0.1, -0.05) is 32.6 Å². The maximum atomic E-state index is 12.2. The minimum absolute atomic E-state index is 0.183. The summed E-state index contributed by atoms with van der Waals surface area (Å²) in [4.78, 5) is 12.2. The van der Waals surface area contributed by atoms with Crippen LogP contribution in [0, 0.1) is 17.3 Å². The number of nitrogens with two attached hydrogens (primary N) is 1. The third kappa shape index (κ3) is 3.25. The first-order valence-electron chi connectivity index (χ1n) is 7.62. The van der Waals surface area contributed by atoms with Crippen molar-refractivity contribution in [2.24, 2.45) is 23.0 Å². The molecule has 0 spiro atoms. The van der Waals surface area contributed by atoms with Gasteiger partial charge in [0, 0.05) is 12.5 Å². The summed E-state index contributed by atoms with van der Waals surface area (Å²) in [6.07, 6.45) is 9.86. The fourth-order valence-corrected chi connectivity index (χ4v) is 3.68. The second-order valence-corrected chi connectivity index (χ2v) is 6.62. The summed E-state index contributed by atoms with van der Waals surface area (Å²) in [5.41, 5.74) is 6.08. The summed E-state index contributed by atoms with van der Waals surface area (Å²) in [5.74, 6) is 0.862. The Hall–Kier alpha value is -0.570. The van der Waals surface area contributed by atoms with Gasteiger partial charge in [0.2, 0.25) is 5.91 Å². The van der Waals surface area contributed by atoms with E-state index in [0.29, 0.717) is 17.9 Å². The Morgan fingerprint density at radius 3 is 2.61 bits per heavy atom. The molecule has 0 aromatic carbocycles. The van der Waals surface area contributed by atoms with E-state index in [4.69, 9.17) is 5.73 Å². The number of nitrogens with one attached hydrogen (secondary N) is 1. The zero-order valence-corrected chi connectivity index (χ0v) is 11.7. The van der Waals surface area contributed by atoms with Gasteiger partial charge >= 0.3 is 0 Å². The van der Waals surface area contributed by atoms with Crippen molar-refractivity contribution in [3.8, 4) is 0 Å². The first-order valence-corrected chi connectivity index (χ1v) is 7.62. The lowest BCUT2D eigenvalue weighted by atomic mass is 9.75. The molecule has 0 aliphatic heterocycles. The van der Waals surface area contributed by atoms with E-state index in [1.54, 1.807) is 0 Å². The van der Waals surface area contributed by atoms with Gasteiger partial charge < -0.3 is 11.1 Å². The Morgan fingerprint density at radius 2 is 1.94 bits per heavy atom. The third-order valence-electron chi connectivity index (χ3n) is 5.05. The molecule has 2 aliphatic rings. The Balaban J connectivity index is 1.80. The predicted octanol–water partition coefficient (Wildman–Crippen LogP) is 2.45. The van der Waals surface area contributed by atoms with Gasteiger partial charge in [0.05, 0.1) is 0 Å². The first kappa shape index (κ1) is 13.9. The van der Waals surface area contributed by atoms with E-state index in [1.807, 2.05) is 0 Å². The lowest BCUT2D eigenvalue weighted by Crippen LogP contribution is -2.41. The Kier molecular flexibility index (Phi) is 4.66. The number of rotatable bonds is 4. The highest BCUT2D eigenvalue weighted by Gasteiger charge is 2.33. The molecule has 0 radical (unpaired) electrons. The van der Waals surface area contributed by atoms with Crippen LogP contribution in [-0.2, 0) is 4.79 Å². The molecule has 18 heavy (non-hydrogen) atoms. The van der Waals surface area contributed by atoms with Gasteiger partial charge in [0.15, 0.2) is 0 Å². The van der Waals surface area contributed by atoms with Gasteiger partial charge in [-0.15, -0.1) is 0 Å². The lowest BCUT2D eigenvalue weighted by molar-refractivity contribution is -0.126. The highest BCUT2D eigenvalue weighted by Crippen LogP contribution is 2.35. The van der Waals surface area contributed by atoms with E-state index in [0.717, 1.165) is 25.8 Å². The molecule has 0 aromatic heterocycles. The van der Waals surface area contributed by atoms with Crippen LogP contribution < -0.4 is 11.1 Å². The van der Waals surface area contributed by atoms with Crippen molar-refractivity contribution in [1.82, 2.24) is 5.32 Å². The Morgan fingerprint density at radius 1 is 1.22 bits per heavy atom. The first-order chi connectivity index (χ1) is 8.64. The zero-order chi connectivity index (χ0) is 13.0. The molecule has 104 valence electrons. The molecule has 0 saturated heterocycles. The van der Waals surface area contributed by atoms with E-state index in [-0.39, 0.29) is 11.8 Å².